The molecule has 1 aromatic carbocycles. The van der Waals surface area contributed by atoms with Crippen LogP contribution in [0.2, 0.25) is 0 Å². The summed E-state index contributed by atoms with van der Waals surface area (Å²) in [6.07, 6.45) is 3.99. The van der Waals surface area contributed by atoms with Crippen LogP contribution >= 0.6 is 0 Å². The summed E-state index contributed by atoms with van der Waals surface area (Å²) < 4.78 is 5.75. The van der Waals surface area contributed by atoms with Gasteiger partial charge in [-0.25, -0.2) is 0 Å². The molecule has 3 nitrogen and oxygen atoms in total. The largest absolute Gasteiger partial charge is 0.485 e. The maximum Gasteiger partial charge on any atom is 0.142 e. The summed E-state index contributed by atoms with van der Waals surface area (Å²) in [7, 11) is 0. The first-order valence-electron chi connectivity index (χ1n) is 5.65. The topological polar surface area (TPSA) is 46.5 Å². The summed E-state index contributed by atoms with van der Waals surface area (Å²) in [5.74, 6) is 0.809. The van der Waals surface area contributed by atoms with Crippen LogP contribution < -0.4 is 4.74 Å². The lowest BCUT2D eigenvalue weighted by molar-refractivity contribution is -0.104. The number of fused-ring (bicyclic) bond motifs is 1. The molecule has 2 rings (SSSR count). The molecular formula is C14H16O3. The maximum absolute atomic E-state index is 10.3. The van der Waals surface area contributed by atoms with Crippen molar-refractivity contribution in [1.82, 2.24) is 0 Å². The molecule has 3 heteroatoms. The van der Waals surface area contributed by atoms with Gasteiger partial charge in [0.25, 0.3) is 0 Å². The Labute approximate surface area is 101 Å². The fraction of sp³-hybridized carbons (Fsp3) is 0.357. The van der Waals surface area contributed by atoms with Crippen LogP contribution in [-0.4, -0.2) is 23.1 Å². The standard InChI is InChI=1S/C14H16O3/c1-14(2)13(16)9-11-8-10(4-3-7-15)5-6-12(11)17-14/h3-8,13,16H,9H2,1-2H3/t13-/m1/s1. The average molecular weight is 232 g/mol. The number of aliphatic hydroxyl groups excluding tert-OH is 1. The smallest absolute Gasteiger partial charge is 0.142 e. The summed E-state index contributed by atoms with van der Waals surface area (Å²) in [6.45, 7) is 3.75. The lowest BCUT2D eigenvalue weighted by Crippen LogP contribution is -2.46. The Hall–Kier alpha value is -1.61. The SMILES string of the molecule is CC1(C)Oc2ccc(C=CC=O)cc2C[C@H]1O. The van der Waals surface area contributed by atoms with E-state index in [9.17, 15) is 9.90 Å². The van der Waals surface area contributed by atoms with Gasteiger partial charge in [-0.2, -0.15) is 0 Å². The third-order valence-corrected chi connectivity index (χ3v) is 3.04. The van der Waals surface area contributed by atoms with Crippen molar-refractivity contribution < 1.29 is 14.6 Å². The molecule has 0 fully saturated rings. The van der Waals surface area contributed by atoms with Gasteiger partial charge in [0.2, 0.25) is 0 Å². The zero-order valence-corrected chi connectivity index (χ0v) is 10.0. The van der Waals surface area contributed by atoms with Gasteiger partial charge in [-0.05, 0) is 43.2 Å². The molecule has 17 heavy (non-hydrogen) atoms. The zero-order chi connectivity index (χ0) is 12.5. The van der Waals surface area contributed by atoms with E-state index in [-0.39, 0.29) is 0 Å². The lowest BCUT2D eigenvalue weighted by atomic mass is 9.90. The Kier molecular flexibility index (Phi) is 3.03. The van der Waals surface area contributed by atoms with Crippen LogP contribution in [0.4, 0.5) is 0 Å². The van der Waals surface area contributed by atoms with E-state index >= 15 is 0 Å². The highest BCUT2D eigenvalue weighted by Crippen LogP contribution is 2.33. The highest BCUT2D eigenvalue weighted by Gasteiger charge is 2.35. The highest BCUT2D eigenvalue weighted by atomic mass is 16.5. The first-order valence-corrected chi connectivity index (χ1v) is 5.65. The van der Waals surface area contributed by atoms with Crippen LogP contribution in [0.15, 0.2) is 24.3 Å². The van der Waals surface area contributed by atoms with E-state index in [4.69, 9.17) is 4.74 Å². The van der Waals surface area contributed by atoms with Crippen molar-refractivity contribution in [2.75, 3.05) is 0 Å². The number of hydrogen-bond acceptors (Lipinski definition) is 3. The van der Waals surface area contributed by atoms with Crippen molar-refractivity contribution in [2.24, 2.45) is 0 Å². The van der Waals surface area contributed by atoms with Gasteiger partial charge in [-0.3, -0.25) is 4.79 Å². The van der Waals surface area contributed by atoms with Crippen LogP contribution in [0.3, 0.4) is 0 Å². The molecule has 1 heterocycles. The van der Waals surface area contributed by atoms with Crippen molar-refractivity contribution >= 4 is 12.4 Å². The maximum atomic E-state index is 10.3. The fourth-order valence-corrected chi connectivity index (χ4v) is 1.92. The number of carbonyl (C=O) groups is 1. The molecule has 0 aliphatic carbocycles. The van der Waals surface area contributed by atoms with E-state index in [1.165, 1.54) is 6.08 Å². The van der Waals surface area contributed by atoms with Gasteiger partial charge in [0.05, 0.1) is 6.10 Å². The molecular weight excluding hydrogens is 216 g/mol. The summed E-state index contributed by atoms with van der Waals surface area (Å²) in [6, 6.07) is 5.72. The molecule has 1 N–H and O–H groups in total. The van der Waals surface area contributed by atoms with Crippen LogP contribution in [0.1, 0.15) is 25.0 Å². The minimum absolute atomic E-state index is 0.514. The molecule has 0 saturated heterocycles. The zero-order valence-electron chi connectivity index (χ0n) is 10.0. The number of aldehydes is 1. The minimum Gasteiger partial charge on any atom is -0.485 e. The number of hydrogen-bond donors (Lipinski definition) is 1. The van der Waals surface area contributed by atoms with E-state index in [0.717, 1.165) is 23.2 Å². The van der Waals surface area contributed by atoms with Gasteiger partial charge in [0.15, 0.2) is 0 Å². The van der Waals surface area contributed by atoms with Crippen molar-refractivity contribution in [3.05, 3.63) is 35.4 Å². The molecule has 1 atom stereocenters. The summed E-state index contributed by atoms with van der Waals surface area (Å²) >= 11 is 0. The fourth-order valence-electron chi connectivity index (χ4n) is 1.92. The minimum atomic E-state index is -0.548. The molecule has 0 spiro atoms. The number of carbonyl (C=O) groups excluding carboxylic acids is 1. The Bertz CT molecular complexity index is 461. The molecule has 0 amide bonds. The molecule has 1 aromatic rings. The second-order valence-electron chi connectivity index (χ2n) is 4.79. The molecule has 0 aromatic heterocycles. The monoisotopic (exact) mass is 232 g/mol. The van der Waals surface area contributed by atoms with E-state index in [2.05, 4.69) is 0 Å². The van der Waals surface area contributed by atoms with Crippen molar-refractivity contribution in [3.8, 4) is 5.75 Å². The number of aliphatic hydroxyl groups is 1. The van der Waals surface area contributed by atoms with Crippen molar-refractivity contribution in [3.63, 3.8) is 0 Å². The second kappa shape index (κ2) is 4.34. The number of rotatable bonds is 2. The van der Waals surface area contributed by atoms with Crippen molar-refractivity contribution in [2.45, 2.75) is 32.0 Å². The predicted molar refractivity (Wildman–Crippen MR) is 66.0 cm³/mol. The molecule has 0 saturated carbocycles. The molecule has 1 aliphatic heterocycles. The molecule has 0 radical (unpaired) electrons. The summed E-state index contributed by atoms with van der Waals surface area (Å²) in [5, 5.41) is 9.95. The normalized spacial score (nSPS) is 21.9. The highest BCUT2D eigenvalue weighted by molar-refractivity contribution is 5.74. The number of benzene rings is 1. The van der Waals surface area contributed by atoms with Gasteiger partial charge < -0.3 is 9.84 Å². The van der Waals surface area contributed by atoms with Gasteiger partial charge in [-0.1, -0.05) is 12.1 Å². The summed E-state index contributed by atoms with van der Waals surface area (Å²) in [4.78, 5) is 10.3. The van der Waals surface area contributed by atoms with Crippen LogP contribution in [0.25, 0.3) is 6.08 Å². The van der Waals surface area contributed by atoms with E-state index in [0.29, 0.717) is 6.42 Å². The quantitative estimate of drug-likeness (QED) is 0.626. The van der Waals surface area contributed by atoms with E-state index < -0.39 is 11.7 Å². The van der Waals surface area contributed by atoms with Gasteiger partial charge >= 0.3 is 0 Å². The Balaban J connectivity index is 2.32. The van der Waals surface area contributed by atoms with Crippen LogP contribution in [-0.2, 0) is 11.2 Å². The number of allylic oxidation sites excluding steroid dienone is 1. The van der Waals surface area contributed by atoms with Crippen LogP contribution in [0, 0.1) is 0 Å². The Morgan fingerprint density at radius 1 is 1.47 bits per heavy atom. The Morgan fingerprint density at radius 3 is 2.94 bits per heavy atom. The Morgan fingerprint density at radius 2 is 2.24 bits per heavy atom. The van der Waals surface area contributed by atoms with Gasteiger partial charge in [-0.15, -0.1) is 0 Å². The molecule has 90 valence electrons. The predicted octanol–water partition coefficient (Wildman–Crippen LogP) is 1.97. The third-order valence-electron chi connectivity index (χ3n) is 3.04. The van der Waals surface area contributed by atoms with E-state index in [1.54, 1.807) is 6.08 Å². The van der Waals surface area contributed by atoms with Gasteiger partial charge in [0.1, 0.15) is 17.6 Å². The van der Waals surface area contributed by atoms with Crippen molar-refractivity contribution in [1.29, 1.82) is 0 Å². The third kappa shape index (κ3) is 2.39. The molecule has 0 bridgehead atoms. The second-order valence-corrected chi connectivity index (χ2v) is 4.79. The first kappa shape index (κ1) is 11.9. The van der Waals surface area contributed by atoms with E-state index in [1.807, 2.05) is 32.0 Å². The lowest BCUT2D eigenvalue weighted by Gasteiger charge is -2.37. The summed E-state index contributed by atoms with van der Waals surface area (Å²) in [5.41, 5.74) is 1.36. The average Bonchev–Trinajstić information content (AvgIpc) is 2.27. The van der Waals surface area contributed by atoms with Crippen LogP contribution in [0.5, 0.6) is 5.75 Å². The first-order chi connectivity index (χ1) is 8.03. The van der Waals surface area contributed by atoms with Gasteiger partial charge in [0, 0.05) is 6.42 Å². The molecule has 0 unspecified atom stereocenters. The molecule has 1 aliphatic rings. The number of ether oxygens (including phenoxy) is 1.